The standard InChI is InChI=1S/C22H26N2O4/c1-17(23-28-16-19-10-6-3-7-11-19)12-20-13-24(14-21(20)25)22(26)27-15-18-8-4-2-5-9-18/h2-11,20-21,25H,12-16H2,1H3/b23-17+/t20-,21-/m1/s1. The molecular formula is C22H26N2O4. The van der Waals surface area contributed by atoms with Crippen LogP contribution < -0.4 is 0 Å². The van der Waals surface area contributed by atoms with E-state index in [9.17, 15) is 9.90 Å². The van der Waals surface area contributed by atoms with Crippen LogP contribution in [0.15, 0.2) is 65.8 Å². The highest BCUT2D eigenvalue weighted by atomic mass is 16.6. The monoisotopic (exact) mass is 382 g/mol. The molecule has 28 heavy (non-hydrogen) atoms. The van der Waals surface area contributed by atoms with Crippen molar-refractivity contribution in [1.82, 2.24) is 4.90 Å². The highest BCUT2D eigenvalue weighted by molar-refractivity contribution is 5.81. The molecule has 0 aliphatic carbocycles. The number of amides is 1. The number of oxime groups is 1. The fourth-order valence-electron chi connectivity index (χ4n) is 3.22. The van der Waals surface area contributed by atoms with Crippen LogP contribution in [0.4, 0.5) is 4.79 Å². The van der Waals surface area contributed by atoms with Gasteiger partial charge in [0, 0.05) is 12.5 Å². The summed E-state index contributed by atoms with van der Waals surface area (Å²) in [5, 5.41) is 14.4. The van der Waals surface area contributed by atoms with Crippen molar-refractivity contribution in [3.8, 4) is 0 Å². The molecule has 6 heteroatoms. The van der Waals surface area contributed by atoms with Crippen LogP contribution in [-0.4, -0.2) is 41.0 Å². The van der Waals surface area contributed by atoms with Crippen LogP contribution in [0.25, 0.3) is 0 Å². The summed E-state index contributed by atoms with van der Waals surface area (Å²) in [7, 11) is 0. The van der Waals surface area contributed by atoms with Gasteiger partial charge in [-0.1, -0.05) is 65.8 Å². The van der Waals surface area contributed by atoms with Crippen LogP contribution in [0.2, 0.25) is 0 Å². The molecule has 6 nitrogen and oxygen atoms in total. The number of carbonyl (C=O) groups excluding carboxylic acids is 1. The van der Waals surface area contributed by atoms with E-state index in [-0.39, 0.29) is 19.1 Å². The van der Waals surface area contributed by atoms with Crippen LogP contribution in [0.5, 0.6) is 0 Å². The number of hydrogen-bond acceptors (Lipinski definition) is 5. The second-order valence-corrected chi connectivity index (χ2v) is 7.06. The van der Waals surface area contributed by atoms with Gasteiger partial charge in [0.2, 0.25) is 0 Å². The van der Waals surface area contributed by atoms with Crippen molar-refractivity contribution in [2.24, 2.45) is 11.1 Å². The summed E-state index contributed by atoms with van der Waals surface area (Å²) in [4.78, 5) is 19.2. The van der Waals surface area contributed by atoms with Crippen LogP contribution in [0.1, 0.15) is 24.5 Å². The number of benzene rings is 2. The third kappa shape index (κ3) is 5.82. The van der Waals surface area contributed by atoms with Crippen molar-refractivity contribution in [3.05, 3.63) is 71.8 Å². The fraction of sp³-hybridized carbons (Fsp3) is 0.364. The molecule has 0 bridgehead atoms. The molecule has 148 valence electrons. The average Bonchev–Trinajstić information content (AvgIpc) is 3.08. The molecule has 2 aromatic carbocycles. The lowest BCUT2D eigenvalue weighted by Gasteiger charge is -2.16. The average molecular weight is 382 g/mol. The number of rotatable bonds is 7. The minimum absolute atomic E-state index is 0.0756. The number of β-amino-alcohol motifs (C(OH)–C–C–N with tert-alkyl or cyclic N) is 1. The van der Waals surface area contributed by atoms with Crippen molar-refractivity contribution >= 4 is 11.8 Å². The predicted molar refractivity (Wildman–Crippen MR) is 107 cm³/mol. The van der Waals surface area contributed by atoms with E-state index in [1.165, 1.54) is 0 Å². The Kier molecular flexibility index (Phi) is 7.03. The lowest BCUT2D eigenvalue weighted by Crippen LogP contribution is -2.30. The predicted octanol–water partition coefficient (Wildman–Crippen LogP) is 3.60. The van der Waals surface area contributed by atoms with E-state index in [2.05, 4.69) is 5.16 Å². The van der Waals surface area contributed by atoms with Crippen molar-refractivity contribution in [2.75, 3.05) is 13.1 Å². The van der Waals surface area contributed by atoms with Gasteiger partial charge in [-0.3, -0.25) is 0 Å². The van der Waals surface area contributed by atoms with Gasteiger partial charge in [0.05, 0.1) is 18.4 Å². The highest BCUT2D eigenvalue weighted by Gasteiger charge is 2.35. The minimum atomic E-state index is -0.594. The summed E-state index contributed by atoms with van der Waals surface area (Å²) in [6.07, 6.45) is -0.429. The summed E-state index contributed by atoms with van der Waals surface area (Å²) in [5.74, 6) is -0.0756. The first-order chi connectivity index (χ1) is 13.6. The van der Waals surface area contributed by atoms with Gasteiger partial charge in [0.15, 0.2) is 0 Å². The summed E-state index contributed by atoms with van der Waals surface area (Å²) >= 11 is 0. The topological polar surface area (TPSA) is 71.4 Å². The molecule has 1 amide bonds. The second kappa shape index (κ2) is 9.90. The highest BCUT2D eigenvalue weighted by Crippen LogP contribution is 2.22. The molecule has 0 spiro atoms. The molecule has 0 saturated carbocycles. The van der Waals surface area contributed by atoms with Crippen LogP contribution >= 0.6 is 0 Å². The minimum Gasteiger partial charge on any atom is -0.445 e. The van der Waals surface area contributed by atoms with Gasteiger partial charge in [-0.25, -0.2) is 4.79 Å². The van der Waals surface area contributed by atoms with E-state index in [1.807, 2.05) is 67.6 Å². The van der Waals surface area contributed by atoms with Gasteiger partial charge in [-0.05, 0) is 24.5 Å². The normalized spacial score (nSPS) is 19.5. The molecule has 1 aliphatic heterocycles. The number of likely N-dealkylation sites (tertiary alicyclic amines) is 1. The zero-order chi connectivity index (χ0) is 19.8. The zero-order valence-electron chi connectivity index (χ0n) is 16.0. The number of ether oxygens (including phenoxy) is 1. The maximum Gasteiger partial charge on any atom is 0.410 e. The first-order valence-electron chi connectivity index (χ1n) is 9.45. The van der Waals surface area contributed by atoms with Crippen LogP contribution in [-0.2, 0) is 22.8 Å². The third-order valence-electron chi connectivity index (χ3n) is 4.72. The summed E-state index contributed by atoms with van der Waals surface area (Å²) in [6, 6.07) is 19.4. The zero-order valence-corrected chi connectivity index (χ0v) is 16.0. The van der Waals surface area contributed by atoms with E-state index in [0.717, 1.165) is 16.8 Å². The van der Waals surface area contributed by atoms with Gasteiger partial charge < -0.3 is 19.6 Å². The van der Waals surface area contributed by atoms with E-state index in [1.54, 1.807) is 4.90 Å². The van der Waals surface area contributed by atoms with E-state index in [4.69, 9.17) is 9.57 Å². The van der Waals surface area contributed by atoms with Crippen LogP contribution in [0, 0.1) is 5.92 Å². The van der Waals surface area contributed by atoms with E-state index < -0.39 is 12.2 Å². The largest absolute Gasteiger partial charge is 0.445 e. The number of nitrogens with zero attached hydrogens (tertiary/aromatic N) is 2. The van der Waals surface area contributed by atoms with E-state index >= 15 is 0 Å². The van der Waals surface area contributed by atoms with Gasteiger partial charge >= 0.3 is 6.09 Å². The van der Waals surface area contributed by atoms with Gasteiger partial charge in [0.1, 0.15) is 13.2 Å². The van der Waals surface area contributed by atoms with Crippen molar-refractivity contribution in [3.63, 3.8) is 0 Å². The summed E-state index contributed by atoms with van der Waals surface area (Å²) in [5.41, 5.74) is 2.78. The first-order valence-corrected chi connectivity index (χ1v) is 9.45. The smallest absolute Gasteiger partial charge is 0.410 e. The quantitative estimate of drug-likeness (QED) is 0.587. The summed E-state index contributed by atoms with van der Waals surface area (Å²) < 4.78 is 5.35. The molecule has 0 aromatic heterocycles. The van der Waals surface area contributed by atoms with Crippen molar-refractivity contribution < 1.29 is 19.5 Å². The number of aliphatic hydroxyl groups excluding tert-OH is 1. The van der Waals surface area contributed by atoms with Crippen molar-refractivity contribution in [1.29, 1.82) is 0 Å². The molecule has 0 radical (unpaired) electrons. The number of aliphatic hydroxyl groups is 1. The SMILES string of the molecule is C/C(C[C@@H]1CN(C(=O)OCc2ccccc2)C[C@H]1O)=N\OCc1ccccc1. The van der Waals surface area contributed by atoms with Gasteiger partial charge in [-0.15, -0.1) is 0 Å². The molecule has 3 rings (SSSR count). The fourth-order valence-corrected chi connectivity index (χ4v) is 3.22. The Balaban J connectivity index is 1.43. The molecule has 1 N–H and O–H groups in total. The van der Waals surface area contributed by atoms with Gasteiger partial charge in [0.25, 0.3) is 0 Å². The number of carbonyl (C=O) groups is 1. The molecular weight excluding hydrogens is 356 g/mol. The molecule has 1 aliphatic rings. The molecule has 1 heterocycles. The lowest BCUT2D eigenvalue weighted by atomic mass is 10.00. The Hall–Kier alpha value is -2.86. The molecule has 1 saturated heterocycles. The maximum absolute atomic E-state index is 12.3. The lowest BCUT2D eigenvalue weighted by molar-refractivity contribution is 0.0967. The maximum atomic E-state index is 12.3. The molecule has 1 fully saturated rings. The third-order valence-corrected chi connectivity index (χ3v) is 4.72. The van der Waals surface area contributed by atoms with Crippen molar-refractivity contribution in [2.45, 2.75) is 32.7 Å². The number of hydrogen-bond donors (Lipinski definition) is 1. The molecule has 0 unspecified atom stereocenters. The Morgan fingerprint density at radius 2 is 1.64 bits per heavy atom. The molecule has 2 aromatic rings. The summed E-state index contributed by atoms with van der Waals surface area (Å²) in [6.45, 7) is 3.22. The molecule has 2 atom stereocenters. The Labute approximate surface area is 165 Å². The second-order valence-electron chi connectivity index (χ2n) is 7.06. The first kappa shape index (κ1) is 19.9. The Morgan fingerprint density at radius 3 is 2.29 bits per heavy atom. The van der Waals surface area contributed by atoms with E-state index in [0.29, 0.717) is 19.6 Å². The van der Waals surface area contributed by atoms with Crippen LogP contribution in [0.3, 0.4) is 0 Å². The Bertz CT molecular complexity index is 780. The van der Waals surface area contributed by atoms with Gasteiger partial charge in [-0.2, -0.15) is 0 Å². The Morgan fingerprint density at radius 1 is 1.04 bits per heavy atom.